The lowest BCUT2D eigenvalue weighted by molar-refractivity contribution is -0.124. The summed E-state index contributed by atoms with van der Waals surface area (Å²) < 4.78 is 0. The number of nitrogens with one attached hydrogen (secondary N) is 2. The van der Waals surface area contributed by atoms with Crippen LogP contribution in [-0.2, 0) is 9.59 Å². The van der Waals surface area contributed by atoms with Gasteiger partial charge in [-0.25, -0.2) is 0 Å². The highest BCUT2D eigenvalue weighted by molar-refractivity contribution is 5.85. The van der Waals surface area contributed by atoms with Crippen molar-refractivity contribution in [1.82, 2.24) is 15.5 Å². The van der Waals surface area contributed by atoms with Crippen molar-refractivity contribution in [1.29, 1.82) is 0 Å². The number of rotatable bonds is 5. The van der Waals surface area contributed by atoms with Gasteiger partial charge < -0.3 is 16.4 Å². The molecular weight excluding hydrogens is 363 g/mol. The topological polar surface area (TPSA) is 87.5 Å². The summed E-state index contributed by atoms with van der Waals surface area (Å²) in [6.45, 7) is 4.03. The fraction of sp³-hybridized carbons (Fsp3) is 0.529. The number of carbonyl (C=O) groups excluding carboxylic acids is 2. The molecule has 1 aromatic rings. The van der Waals surface area contributed by atoms with E-state index in [0.29, 0.717) is 6.54 Å². The van der Waals surface area contributed by atoms with Gasteiger partial charge in [-0.2, -0.15) is 0 Å². The minimum Gasteiger partial charge on any atom is -0.358 e. The predicted octanol–water partition coefficient (Wildman–Crippen LogP) is 1.17. The van der Waals surface area contributed by atoms with Gasteiger partial charge in [-0.1, -0.05) is 29.8 Å². The fourth-order valence-corrected chi connectivity index (χ4v) is 2.73. The van der Waals surface area contributed by atoms with E-state index < -0.39 is 6.04 Å². The van der Waals surface area contributed by atoms with Crippen LogP contribution < -0.4 is 16.4 Å². The molecule has 2 rings (SSSR count). The molecule has 8 heteroatoms. The standard InChI is InChI=1S/C17H26N4O2.2ClH/c1-12-3-5-13(6-4-12)16(18)17(23)20-14-7-9-21(10-8-14)11-15(22)19-2;;/h3-6,14,16H,7-11,18H2,1-2H3,(H,19,22)(H,20,23);2*1H. The molecule has 1 unspecified atom stereocenters. The zero-order valence-corrected chi connectivity index (χ0v) is 16.3. The number of amides is 2. The number of halogens is 2. The lowest BCUT2D eigenvalue weighted by Gasteiger charge is -2.32. The Balaban J connectivity index is 0.00000288. The second-order valence-electron chi connectivity index (χ2n) is 6.12. The van der Waals surface area contributed by atoms with E-state index in [9.17, 15) is 9.59 Å². The predicted molar refractivity (Wildman–Crippen MR) is 104 cm³/mol. The molecule has 1 heterocycles. The zero-order valence-electron chi connectivity index (χ0n) is 14.7. The van der Waals surface area contributed by atoms with Gasteiger partial charge in [0, 0.05) is 26.2 Å². The normalized spacial score (nSPS) is 16.1. The maximum Gasteiger partial charge on any atom is 0.241 e. The highest BCUT2D eigenvalue weighted by Gasteiger charge is 2.24. The van der Waals surface area contributed by atoms with E-state index >= 15 is 0 Å². The molecule has 25 heavy (non-hydrogen) atoms. The van der Waals surface area contributed by atoms with E-state index in [1.54, 1.807) is 7.05 Å². The Morgan fingerprint density at radius 1 is 1.20 bits per heavy atom. The van der Waals surface area contributed by atoms with Gasteiger partial charge in [-0.05, 0) is 25.3 Å². The average Bonchev–Trinajstić information content (AvgIpc) is 2.56. The molecule has 1 aromatic carbocycles. The molecule has 0 aromatic heterocycles. The van der Waals surface area contributed by atoms with Crippen LogP contribution in [0.3, 0.4) is 0 Å². The quantitative estimate of drug-likeness (QED) is 0.703. The molecule has 1 aliphatic rings. The van der Waals surface area contributed by atoms with Crippen LogP contribution in [0.5, 0.6) is 0 Å². The van der Waals surface area contributed by atoms with Crippen molar-refractivity contribution < 1.29 is 9.59 Å². The van der Waals surface area contributed by atoms with Crippen LogP contribution in [0, 0.1) is 6.92 Å². The second kappa shape index (κ2) is 11.3. The number of carbonyl (C=O) groups is 2. The van der Waals surface area contributed by atoms with Crippen LogP contribution in [0.4, 0.5) is 0 Å². The van der Waals surface area contributed by atoms with Crippen LogP contribution in [0.25, 0.3) is 0 Å². The second-order valence-corrected chi connectivity index (χ2v) is 6.12. The van der Waals surface area contributed by atoms with Crippen molar-refractivity contribution in [3.63, 3.8) is 0 Å². The summed E-state index contributed by atoms with van der Waals surface area (Å²) in [5, 5.41) is 5.65. The number of nitrogens with two attached hydrogens (primary N) is 1. The van der Waals surface area contributed by atoms with E-state index in [1.807, 2.05) is 31.2 Å². The Kier molecular flexibility index (Phi) is 10.7. The summed E-state index contributed by atoms with van der Waals surface area (Å²) in [5.41, 5.74) is 8.01. The Morgan fingerprint density at radius 3 is 2.28 bits per heavy atom. The highest BCUT2D eigenvalue weighted by Crippen LogP contribution is 2.14. The molecule has 4 N–H and O–H groups in total. The molecule has 0 spiro atoms. The summed E-state index contributed by atoms with van der Waals surface area (Å²) in [7, 11) is 1.64. The Bertz CT molecular complexity index is 546. The van der Waals surface area contributed by atoms with Crippen molar-refractivity contribution >= 4 is 36.6 Å². The number of piperidine rings is 1. The minimum atomic E-state index is -0.639. The molecule has 0 radical (unpaired) electrons. The third-order valence-corrected chi connectivity index (χ3v) is 4.30. The van der Waals surface area contributed by atoms with Crippen molar-refractivity contribution in [3.05, 3.63) is 35.4 Å². The summed E-state index contributed by atoms with van der Waals surface area (Å²) >= 11 is 0. The highest BCUT2D eigenvalue weighted by atomic mass is 35.5. The van der Waals surface area contributed by atoms with Crippen molar-refractivity contribution in [2.75, 3.05) is 26.7 Å². The number of nitrogens with zero attached hydrogens (tertiary/aromatic N) is 1. The van der Waals surface area contributed by atoms with E-state index in [-0.39, 0.29) is 42.7 Å². The first-order valence-electron chi connectivity index (χ1n) is 8.05. The number of aryl methyl sites for hydroxylation is 1. The Labute approximate surface area is 161 Å². The molecule has 6 nitrogen and oxygen atoms in total. The smallest absolute Gasteiger partial charge is 0.241 e. The molecule has 1 aliphatic heterocycles. The van der Waals surface area contributed by atoms with Gasteiger partial charge in [0.25, 0.3) is 0 Å². The van der Waals surface area contributed by atoms with E-state index in [2.05, 4.69) is 15.5 Å². The van der Waals surface area contributed by atoms with Crippen LogP contribution >= 0.6 is 24.8 Å². The number of hydrogen-bond donors (Lipinski definition) is 3. The monoisotopic (exact) mass is 390 g/mol. The van der Waals surface area contributed by atoms with Crippen LogP contribution in [-0.4, -0.2) is 49.4 Å². The number of likely N-dealkylation sites (N-methyl/N-ethyl adjacent to an activating group) is 1. The van der Waals surface area contributed by atoms with Gasteiger partial charge in [0.05, 0.1) is 6.54 Å². The SMILES string of the molecule is CNC(=O)CN1CCC(NC(=O)C(N)c2ccc(C)cc2)CC1.Cl.Cl. The van der Waals surface area contributed by atoms with Gasteiger partial charge in [0.1, 0.15) is 6.04 Å². The summed E-state index contributed by atoms with van der Waals surface area (Å²) in [6, 6.07) is 7.19. The van der Waals surface area contributed by atoms with Crippen molar-refractivity contribution in [2.24, 2.45) is 5.73 Å². The van der Waals surface area contributed by atoms with Gasteiger partial charge in [-0.15, -0.1) is 24.8 Å². The molecule has 0 bridgehead atoms. The lowest BCUT2D eigenvalue weighted by atomic mass is 10.0. The first kappa shape index (κ1) is 23.7. The van der Waals surface area contributed by atoms with Crippen LogP contribution in [0.2, 0.25) is 0 Å². The maximum atomic E-state index is 12.3. The molecule has 0 aliphatic carbocycles. The number of benzene rings is 1. The Hall–Kier alpha value is -1.34. The van der Waals surface area contributed by atoms with E-state index in [4.69, 9.17) is 5.73 Å². The van der Waals surface area contributed by atoms with Gasteiger partial charge in [0.15, 0.2) is 0 Å². The lowest BCUT2D eigenvalue weighted by Crippen LogP contribution is -2.48. The van der Waals surface area contributed by atoms with Crippen LogP contribution in [0.15, 0.2) is 24.3 Å². The maximum absolute atomic E-state index is 12.3. The minimum absolute atomic E-state index is 0. The molecule has 1 atom stereocenters. The van der Waals surface area contributed by atoms with Gasteiger partial charge >= 0.3 is 0 Å². The van der Waals surface area contributed by atoms with Crippen molar-refractivity contribution in [3.8, 4) is 0 Å². The van der Waals surface area contributed by atoms with E-state index in [1.165, 1.54) is 0 Å². The summed E-state index contributed by atoms with van der Waals surface area (Å²) in [5.74, 6) is -0.118. The summed E-state index contributed by atoms with van der Waals surface area (Å²) in [4.78, 5) is 25.8. The molecule has 1 fully saturated rings. The first-order valence-corrected chi connectivity index (χ1v) is 8.05. The van der Waals surface area contributed by atoms with E-state index in [0.717, 1.165) is 37.1 Å². The molecule has 0 saturated carbocycles. The summed E-state index contributed by atoms with van der Waals surface area (Å²) in [6.07, 6.45) is 1.67. The Morgan fingerprint density at radius 2 is 1.76 bits per heavy atom. The molecule has 142 valence electrons. The number of likely N-dealkylation sites (tertiary alicyclic amines) is 1. The first-order chi connectivity index (χ1) is 11.0. The molecule has 2 amide bonds. The molecular formula is C17H28Cl2N4O2. The third kappa shape index (κ3) is 7.20. The van der Waals surface area contributed by atoms with Gasteiger partial charge in [0.2, 0.25) is 11.8 Å². The van der Waals surface area contributed by atoms with Crippen molar-refractivity contribution in [2.45, 2.75) is 31.8 Å². The number of hydrogen-bond acceptors (Lipinski definition) is 4. The largest absolute Gasteiger partial charge is 0.358 e. The molecule has 1 saturated heterocycles. The average molecular weight is 391 g/mol. The third-order valence-electron chi connectivity index (χ3n) is 4.30. The van der Waals surface area contributed by atoms with Crippen LogP contribution in [0.1, 0.15) is 30.0 Å². The fourth-order valence-electron chi connectivity index (χ4n) is 2.73. The van der Waals surface area contributed by atoms with Gasteiger partial charge in [-0.3, -0.25) is 14.5 Å². The zero-order chi connectivity index (χ0) is 16.8.